The Balaban J connectivity index is 1.50. The van der Waals surface area contributed by atoms with E-state index in [1.807, 2.05) is 13.1 Å². The number of hydrogen-bond acceptors (Lipinski definition) is 5. The zero-order valence-corrected chi connectivity index (χ0v) is 17.6. The fourth-order valence-corrected chi connectivity index (χ4v) is 6.34. The highest BCUT2D eigenvalue weighted by atomic mass is 32.2. The Kier molecular flexibility index (Phi) is 5.79. The lowest BCUT2D eigenvalue weighted by molar-refractivity contribution is -0.135. The molecule has 0 unspecified atom stereocenters. The van der Waals surface area contributed by atoms with Crippen molar-refractivity contribution >= 4 is 15.7 Å². The molecule has 2 atom stereocenters. The van der Waals surface area contributed by atoms with Crippen LogP contribution >= 0.6 is 0 Å². The summed E-state index contributed by atoms with van der Waals surface area (Å²) in [6.07, 6.45) is 5.28. The second-order valence-electron chi connectivity index (χ2n) is 8.18. The van der Waals surface area contributed by atoms with Crippen molar-refractivity contribution < 1.29 is 17.6 Å². The third-order valence-electron chi connectivity index (χ3n) is 6.13. The number of likely N-dealkylation sites (N-methyl/N-ethyl adjacent to an activating group) is 1. The predicted molar refractivity (Wildman–Crippen MR) is 111 cm³/mol. The lowest BCUT2D eigenvalue weighted by atomic mass is 9.87. The SMILES string of the molecule is CN(CC(=O)N(Cc1ccco1)[C@H]1CCS(=O)(=O)C1)[C@@H]1CCCc2ccccc21. The van der Waals surface area contributed by atoms with E-state index in [0.717, 1.165) is 19.3 Å². The summed E-state index contributed by atoms with van der Waals surface area (Å²) in [4.78, 5) is 17.1. The summed E-state index contributed by atoms with van der Waals surface area (Å²) in [7, 11) is -1.09. The summed E-state index contributed by atoms with van der Waals surface area (Å²) in [5.41, 5.74) is 2.66. The van der Waals surface area contributed by atoms with E-state index in [9.17, 15) is 13.2 Å². The van der Waals surface area contributed by atoms with Gasteiger partial charge in [-0.15, -0.1) is 0 Å². The van der Waals surface area contributed by atoms with E-state index >= 15 is 0 Å². The van der Waals surface area contributed by atoms with Crippen LogP contribution < -0.4 is 0 Å². The molecule has 1 saturated heterocycles. The molecular formula is C22H28N2O4S. The van der Waals surface area contributed by atoms with Crippen molar-refractivity contribution in [3.63, 3.8) is 0 Å². The summed E-state index contributed by atoms with van der Waals surface area (Å²) in [5, 5.41) is 0. The first-order valence-electron chi connectivity index (χ1n) is 10.2. The summed E-state index contributed by atoms with van der Waals surface area (Å²) in [6, 6.07) is 12.0. The third kappa shape index (κ3) is 4.56. The molecule has 2 aromatic rings. The highest BCUT2D eigenvalue weighted by Crippen LogP contribution is 2.33. The Bertz CT molecular complexity index is 955. The van der Waals surface area contributed by atoms with Crippen molar-refractivity contribution in [3.05, 3.63) is 59.5 Å². The van der Waals surface area contributed by atoms with Crippen LogP contribution in [-0.4, -0.2) is 55.3 Å². The molecule has 29 heavy (non-hydrogen) atoms. The van der Waals surface area contributed by atoms with Crippen molar-refractivity contribution in [2.45, 2.75) is 44.3 Å². The zero-order chi connectivity index (χ0) is 20.4. The van der Waals surface area contributed by atoms with Gasteiger partial charge in [-0.25, -0.2) is 8.42 Å². The van der Waals surface area contributed by atoms with E-state index in [2.05, 4.69) is 29.2 Å². The molecule has 2 heterocycles. The molecular weight excluding hydrogens is 388 g/mol. The van der Waals surface area contributed by atoms with Gasteiger partial charge in [-0.3, -0.25) is 9.69 Å². The van der Waals surface area contributed by atoms with Crippen LogP contribution in [0.2, 0.25) is 0 Å². The normalized spacial score (nSPS) is 23.1. The molecule has 6 nitrogen and oxygen atoms in total. The summed E-state index contributed by atoms with van der Waals surface area (Å²) in [5.74, 6) is 0.809. The van der Waals surface area contributed by atoms with Gasteiger partial charge in [0.1, 0.15) is 5.76 Å². The van der Waals surface area contributed by atoms with Gasteiger partial charge in [-0.1, -0.05) is 24.3 Å². The van der Waals surface area contributed by atoms with Crippen molar-refractivity contribution in [3.8, 4) is 0 Å². The maximum absolute atomic E-state index is 13.3. The van der Waals surface area contributed by atoms with Gasteiger partial charge in [0, 0.05) is 12.1 Å². The molecule has 2 aliphatic rings. The van der Waals surface area contributed by atoms with Crippen molar-refractivity contribution in [1.29, 1.82) is 0 Å². The summed E-state index contributed by atoms with van der Waals surface area (Å²) >= 11 is 0. The smallest absolute Gasteiger partial charge is 0.237 e. The maximum atomic E-state index is 13.3. The van der Waals surface area contributed by atoms with E-state index in [4.69, 9.17) is 4.42 Å². The number of carbonyl (C=O) groups is 1. The zero-order valence-electron chi connectivity index (χ0n) is 16.8. The van der Waals surface area contributed by atoms with Gasteiger partial charge < -0.3 is 9.32 Å². The minimum absolute atomic E-state index is 0.0371. The maximum Gasteiger partial charge on any atom is 0.237 e. The minimum atomic E-state index is -3.08. The molecule has 1 aliphatic heterocycles. The first-order chi connectivity index (χ1) is 13.9. The molecule has 4 rings (SSSR count). The number of carbonyl (C=O) groups excluding carboxylic acids is 1. The van der Waals surface area contributed by atoms with E-state index in [1.165, 1.54) is 11.1 Å². The molecule has 1 aromatic carbocycles. The molecule has 0 bridgehead atoms. The lowest BCUT2D eigenvalue weighted by Gasteiger charge is -2.35. The van der Waals surface area contributed by atoms with Crippen LogP contribution in [0.1, 0.15) is 42.2 Å². The monoisotopic (exact) mass is 416 g/mol. The highest BCUT2D eigenvalue weighted by Gasteiger charge is 2.36. The minimum Gasteiger partial charge on any atom is -0.467 e. The Morgan fingerprint density at radius 2 is 2.00 bits per heavy atom. The van der Waals surface area contributed by atoms with Gasteiger partial charge >= 0.3 is 0 Å². The molecule has 0 radical (unpaired) electrons. The molecule has 156 valence electrons. The molecule has 7 heteroatoms. The average molecular weight is 417 g/mol. The Morgan fingerprint density at radius 3 is 2.72 bits per heavy atom. The second kappa shape index (κ2) is 8.32. The fourth-order valence-electron chi connectivity index (χ4n) is 4.61. The number of fused-ring (bicyclic) bond motifs is 1. The average Bonchev–Trinajstić information content (AvgIpc) is 3.34. The van der Waals surface area contributed by atoms with Crippen LogP contribution in [0.5, 0.6) is 0 Å². The Morgan fingerprint density at radius 1 is 1.17 bits per heavy atom. The van der Waals surface area contributed by atoms with E-state index < -0.39 is 9.84 Å². The van der Waals surface area contributed by atoms with Crippen molar-refractivity contribution in [2.24, 2.45) is 0 Å². The highest BCUT2D eigenvalue weighted by molar-refractivity contribution is 7.91. The summed E-state index contributed by atoms with van der Waals surface area (Å²) in [6.45, 7) is 0.567. The first-order valence-corrected chi connectivity index (χ1v) is 12.1. The molecule has 1 aliphatic carbocycles. The van der Waals surface area contributed by atoms with Crippen LogP contribution in [0.15, 0.2) is 47.1 Å². The number of benzene rings is 1. The molecule has 1 aromatic heterocycles. The van der Waals surface area contributed by atoms with Crippen molar-refractivity contribution in [2.75, 3.05) is 25.1 Å². The lowest BCUT2D eigenvalue weighted by Crippen LogP contribution is -2.46. The van der Waals surface area contributed by atoms with Gasteiger partial charge in [0.2, 0.25) is 5.91 Å². The van der Waals surface area contributed by atoms with Gasteiger partial charge in [0.25, 0.3) is 0 Å². The molecule has 1 amide bonds. The molecule has 0 saturated carbocycles. The van der Waals surface area contributed by atoms with Crippen LogP contribution in [0.4, 0.5) is 0 Å². The third-order valence-corrected chi connectivity index (χ3v) is 7.88. The number of sulfone groups is 1. The summed E-state index contributed by atoms with van der Waals surface area (Å²) < 4.78 is 29.4. The van der Waals surface area contributed by atoms with Gasteiger partial charge in [0.15, 0.2) is 9.84 Å². The Hall–Kier alpha value is -2.12. The number of aryl methyl sites for hydroxylation is 1. The Labute approximate surface area is 172 Å². The van der Waals surface area contributed by atoms with Gasteiger partial charge in [-0.2, -0.15) is 0 Å². The number of rotatable bonds is 6. The van der Waals surface area contributed by atoms with Gasteiger partial charge in [0.05, 0.1) is 30.9 Å². The predicted octanol–water partition coefficient (Wildman–Crippen LogP) is 2.80. The number of hydrogen-bond donors (Lipinski definition) is 0. The fraction of sp³-hybridized carbons (Fsp3) is 0.500. The van der Waals surface area contributed by atoms with E-state index in [0.29, 0.717) is 18.7 Å². The largest absolute Gasteiger partial charge is 0.467 e. The van der Waals surface area contributed by atoms with Crippen LogP contribution in [0.25, 0.3) is 0 Å². The number of furan rings is 1. The van der Waals surface area contributed by atoms with Crippen LogP contribution in [-0.2, 0) is 27.6 Å². The standard InChI is InChI=1S/C22H28N2O4S/c1-23(21-10-4-7-17-6-2-3-9-20(17)21)15-22(25)24(14-19-8-5-12-28-19)18-11-13-29(26,27)16-18/h2-3,5-6,8-9,12,18,21H,4,7,10-11,13-16H2,1H3/t18-,21+/m0/s1. The van der Waals surface area contributed by atoms with Crippen molar-refractivity contribution in [1.82, 2.24) is 9.80 Å². The van der Waals surface area contributed by atoms with Crippen LogP contribution in [0.3, 0.4) is 0 Å². The number of nitrogens with zero attached hydrogens (tertiary/aromatic N) is 2. The number of amides is 1. The van der Waals surface area contributed by atoms with E-state index in [-0.39, 0.29) is 36.0 Å². The quantitative estimate of drug-likeness (QED) is 0.724. The van der Waals surface area contributed by atoms with Crippen LogP contribution in [0, 0.1) is 0 Å². The molecule has 0 N–H and O–H groups in total. The molecule has 0 spiro atoms. The first kappa shape index (κ1) is 20.2. The second-order valence-corrected chi connectivity index (χ2v) is 10.4. The van der Waals surface area contributed by atoms with E-state index in [1.54, 1.807) is 17.2 Å². The topological polar surface area (TPSA) is 70.8 Å². The molecule has 1 fully saturated rings. The van der Waals surface area contributed by atoms with Gasteiger partial charge in [-0.05, 0) is 56.0 Å².